The molecule has 0 atom stereocenters. The summed E-state index contributed by atoms with van der Waals surface area (Å²) in [6, 6.07) is 16.6. The van der Waals surface area contributed by atoms with Gasteiger partial charge in [0.1, 0.15) is 0 Å². The smallest absolute Gasteiger partial charge is 0.0326 e. The first-order valence-corrected chi connectivity index (χ1v) is 7.53. The Bertz CT molecular complexity index is 636. The fourth-order valence-corrected chi connectivity index (χ4v) is 2.35. The van der Waals surface area contributed by atoms with E-state index in [1.54, 1.807) is 0 Å². The summed E-state index contributed by atoms with van der Waals surface area (Å²) in [5, 5.41) is 0. The van der Waals surface area contributed by atoms with Crippen LogP contribution in [0.25, 0.3) is 16.7 Å². The van der Waals surface area contributed by atoms with Crippen LogP contribution < -0.4 is 5.73 Å². The van der Waals surface area contributed by atoms with Gasteiger partial charge in [0.15, 0.2) is 0 Å². The van der Waals surface area contributed by atoms with E-state index in [-0.39, 0.29) is 0 Å². The van der Waals surface area contributed by atoms with Crippen LogP contribution in [0.5, 0.6) is 0 Å². The van der Waals surface area contributed by atoms with Crippen molar-refractivity contribution >= 4 is 11.3 Å². The molecule has 0 aliphatic carbocycles. The highest BCUT2D eigenvalue weighted by Crippen LogP contribution is 2.27. The summed E-state index contributed by atoms with van der Waals surface area (Å²) in [6.07, 6.45) is 8.81. The van der Waals surface area contributed by atoms with Gasteiger partial charge in [-0.15, -0.1) is 0 Å². The predicted molar refractivity (Wildman–Crippen MR) is 94.0 cm³/mol. The maximum Gasteiger partial charge on any atom is 0.0326 e. The zero-order chi connectivity index (χ0) is 15.1. The molecule has 1 heteroatoms. The molecule has 1 nitrogen and oxygen atoms in total. The SMILES string of the molecule is C/C=C(\C=C/CCC)c1cc(N)cc(-c2ccccc2)c1. The number of hydrogen-bond acceptors (Lipinski definition) is 1. The lowest BCUT2D eigenvalue weighted by atomic mass is 9.97. The summed E-state index contributed by atoms with van der Waals surface area (Å²) in [4.78, 5) is 0. The average Bonchev–Trinajstić information content (AvgIpc) is 2.52. The molecule has 0 amide bonds. The van der Waals surface area contributed by atoms with Gasteiger partial charge in [0.05, 0.1) is 0 Å². The summed E-state index contributed by atoms with van der Waals surface area (Å²) in [6.45, 7) is 4.25. The number of rotatable bonds is 5. The van der Waals surface area contributed by atoms with Crippen LogP contribution in [0.2, 0.25) is 0 Å². The standard InChI is InChI=1S/C20H23N/c1-3-5-7-10-16(4-2)18-13-19(15-20(21)14-18)17-11-8-6-9-12-17/h4,6-15H,3,5,21H2,1-2H3/b10-7-,16-4+. The molecule has 2 rings (SSSR count). The Morgan fingerprint density at radius 2 is 1.81 bits per heavy atom. The molecule has 0 saturated heterocycles. The largest absolute Gasteiger partial charge is 0.399 e. The van der Waals surface area contributed by atoms with Gasteiger partial charge in [-0.1, -0.05) is 61.9 Å². The molecule has 0 aliphatic rings. The van der Waals surface area contributed by atoms with E-state index in [0.717, 1.165) is 17.7 Å². The fraction of sp³-hybridized carbons (Fsp3) is 0.200. The first kappa shape index (κ1) is 15.1. The van der Waals surface area contributed by atoms with Crippen LogP contribution in [-0.2, 0) is 0 Å². The Morgan fingerprint density at radius 1 is 1.05 bits per heavy atom. The molecule has 0 aliphatic heterocycles. The zero-order valence-corrected chi connectivity index (χ0v) is 12.8. The van der Waals surface area contributed by atoms with Gasteiger partial charge in [0.2, 0.25) is 0 Å². The number of benzene rings is 2. The van der Waals surface area contributed by atoms with Crippen LogP contribution in [0, 0.1) is 0 Å². The van der Waals surface area contributed by atoms with Crippen LogP contribution in [0.4, 0.5) is 5.69 Å². The van der Waals surface area contributed by atoms with Crippen molar-refractivity contribution in [1.29, 1.82) is 0 Å². The van der Waals surface area contributed by atoms with Crippen molar-refractivity contribution in [1.82, 2.24) is 0 Å². The molecular formula is C20H23N. The predicted octanol–water partition coefficient (Wildman–Crippen LogP) is 5.70. The Balaban J connectivity index is 2.39. The van der Waals surface area contributed by atoms with Gasteiger partial charge < -0.3 is 5.73 Å². The van der Waals surface area contributed by atoms with Gasteiger partial charge in [0, 0.05) is 5.69 Å². The van der Waals surface area contributed by atoms with E-state index < -0.39 is 0 Å². The van der Waals surface area contributed by atoms with Crippen molar-refractivity contribution in [3.8, 4) is 11.1 Å². The molecule has 21 heavy (non-hydrogen) atoms. The first-order chi connectivity index (χ1) is 10.2. The van der Waals surface area contributed by atoms with Crippen LogP contribution in [0.1, 0.15) is 32.3 Å². The molecule has 0 fully saturated rings. The van der Waals surface area contributed by atoms with Crippen molar-refractivity contribution in [2.45, 2.75) is 26.7 Å². The Kier molecular flexibility index (Phi) is 5.39. The van der Waals surface area contributed by atoms with Crippen molar-refractivity contribution in [3.63, 3.8) is 0 Å². The minimum Gasteiger partial charge on any atom is -0.399 e. The lowest BCUT2D eigenvalue weighted by molar-refractivity contribution is 0.959. The first-order valence-electron chi connectivity index (χ1n) is 7.53. The minimum absolute atomic E-state index is 0.801. The molecule has 108 valence electrons. The maximum atomic E-state index is 6.09. The van der Waals surface area contributed by atoms with Crippen LogP contribution in [0.3, 0.4) is 0 Å². The van der Waals surface area contributed by atoms with Crippen LogP contribution in [-0.4, -0.2) is 0 Å². The fourth-order valence-electron chi connectivity index (χ4n) is 2.35. The van der Waals surface area contributed by atoms with Gasteiger partial charge in [0.25, 0.3) is 0 Å². The number of hydrogen-bond donors (Lipinski definition) is 1. The normalized spacial score (nSPS) is 12.0. The van der Waals surface area contributed by atoms with E-state index in [2.05, 4.69) is 62.4 Å². The summed E-state index contributed by atoms with van der Waals surface area (Å²) < 4.78 is 0. The van der Waals surface area contributed by atoms with Gasteiger partial charge in [-0.2, -0.15) is 0 Å². The summed E-state index contributed by atoms with van der Waals surface area (Å²) in [7, 11) is 0. The maximum absolute atomic E-state index is 6.09. The molecule has 0 saturated carbocycles. The summed E-state index contributed by atoms with van der Waals surface area (Å²) >= 11 is 0. The third-order valence-corrected chi connectivity index (χ3v) is 3.46. The number of anilines is 1. The number of unbranched alkanes of at least 4 members (excludes halogenated alkanes) is 1. The Hall–Kier alpha value is -2.28. The second kappa shape index (κ2) is 7.49. The van der Waals surface area contributed by atoms with E-state index in [0.29, 0.717) is 0 Å². The monoisotopic (exact) mass is 277 g/mol. The van der Waals surface area contributed by atoms with E-state index in [1.165, 1.54) is 23.1 Å². The van der Waals surface area contributed by atoms with Crippen molar-refractivity contribution < 1.29 is 0 Å². The summed E-state index contributed by atoms with van der Waals surface area (Å²) in [5.74, 6) is 0. The Morgan fingerprint density at radius 3 is 2.48 bits per heavy atom. The van der Waals surface area contributed by atoms with Gasteiger partial charge in [-0.25, -0.2) is 0 Å². The zero-order valence-electron chi connectivity index (χ0n) is 12.8. The lowest BCUT2D eigenvalue weighted by Crippen LogP contribution is -1.90. The topological polar surface area (TPSA) is 26.0 Å². The number of nitrogen functional groups attached to an aromatic ring is 1. The number of nitrogens with two attached hydrogens (primary N) is 1. The highest BCUT2D eigenvalue weighted by atomic mass is 14.5. The molecular weight excluding hydrogens is 254 g/mol. The molecule has 0 aromatic heterocycles. The highest BCUT2D eigenvalue weighted by Gasteiger charge is 2.03. The molecule has 2 aromatic rings. The van der Waals surface area contributed by atoms with E-state index in [4.69, 9.17) is 5.73 Å². The molecule has 2 aromatic carbocycles. The quantitative estimate of drug-likeness (QED) is 0.551. The minimum atomic E-state index is 0.801. The van der Waals surface area contributed by atoms with Crippen molar-refractivity contribution in [3.05, 3.63) is 72.3 Å². The third kappa shape index (κ3) is 4.09. The molecule has 0 heterocycles. The van der Waals surface area contributed by atoms with Gasteiger partial charge in [-0.05, 0) is 53.8 Å². The molecule has 0 bridgehead atoms. The number of allylic oxidation sites excluding steroid dienone is 4. The molecule has 2 N–H and O–H groups in total. The van der Waals surface area contributed by atoms with E-state index in [1.807, 2.05) is 18.2 Å². The molecule has 0 spiro atoms. The highest BCUT2D eigenvalue weighted by molar-refractivity contribution is 5.80. The Labute approximate surface area is 127 Å². The second-order valence-electron chi connectivity index (χ2n) is 5.14. The van der Waals surface area contributed by atoms with E-state index in [9.17, 15) is 0 Å². The molecule has 0 radical (unpaired) electrons. The third-order valence-electron chi connectivity index (χ3n) is 3.46. The van der Waals surface area contributed by atoms with Crippen LogP contribution in [0.15, 0.2) is 66.8 Å². The van der Waals surface area contributed by atoms with E-state index >= 15 is 0 Å². The van der Waals surface area contributed by atoms with Crippen molar-refractivity contribution in [2.24, 2.45) is 0 Å². The average molecular weight is 277 g/mol. The molecule has 0 unspecified atom stereocenters. The van der Waals surface area contributed by atoms with Gasteiger partial charge in [-0.3, -0.25) is 0 Å². The summed E-state index contributed by atoms with van der Waals surface area (Å²) in [5.41, 5.74) is 11.6. The second-order valence-corrected chi connectivity index (χ2v) is 5.14. The van der Waals surface area contributed by atoms with Gasteiger partial charge >= 0.3 is 0 Å². The lowest BCUT2D eigenvalue weighted by Gasteiger charge is -2.09. The van der Waals surface area contributed by atoms with Crippen LogP contribution >= 0.6 is 0 Å². The van der Waals surface area contributed by atoms with Crippen molar-refractivity contribution in [2.75, 3.05) is 5.73 Å².